The summed E-state index contributed by atoms with van der Waals surface area (Å²) in [5, 5.41) is 11.6. The predicted molar refractivity (Wildman–Crippen MR) is 96.3 cm³/mol. The molecule has 0 atom stereocenters. The van der Waals surface area contributed by atoms with E-state index >= 15 is 0 Å². The second kappa shape index (κ2) is 6.41. The van der Waals surface area contributed by atoms with Gasteiger partial charge >= 0.3 is 0 Å². The van der Waals surface area contributed by atoms with Crippen molar-refractivity contribution in [2.24, 2.45) is 0 Å². The van der Waals surface area contributed by atoms with Gasteiger partial charge in [-0.05, 0) is 35.9 Å². The van der Waals surface area contributed by atoms with Crippen LogP contribution in [0.25, 0.3) is 22.4 Å². The summed E-state index contributed by atoms with van der Waals surface area (Å²) in [6.07, 6.45) is 3.37. The highest BCUT2D eigenvalue weighted by atomic mass is 35.5. The van der Waals surface area contributed by atoms with Gasteiger partial charge in [0.25, 0.3) is 5.91 Å². The van der Waals surface area contributed by atoms with Gasteiger partial charge in [0, 0.05) is 29.3 Å². The van der Waals surface area contributed by atoms with Gasteiger partial charge in [0.05, 0.1) is 17.0 Å². The van der Waals surface area contributed by atoms with Gasteiger partial charge in [-0.25, -0.2) is 4.98 Å². The number of carbonyl (C=O) groups is 1. The molecule has 0 bridgehead atoms. The summed E-state index contributed by atoms with van der Waals surface area (Å²) in [4.78, 5) is 19.6. The maximum atomic E-state index is 12.3. The zero-order valence-corrected chi connectivity index (χ0v) is 13.8. The normalized spacial score (nSPS) is 10.9. The minimum atomic E-state index is -0.153. The molecule has 0 unspecified atom stereocenters. The van der Waals surface area contributed by atoms with Crippen molar-refractivity contribution in [3.63, 3.8) is 0 Å². The van der Waals surface area contributed by atoms with E-state index in [4.69, 9.17) is 11.6 Å². The second-order valence-corrected chi connectivity index (χ2v) is 6.02. The molecule has 0 radical (unpaired) electrons. The van der Waals surface area contributed by atoms with Gasteiger partial charge in [-0.3, -0.25) is 9.89 Å². The van der Waals surface area contributed by atoms with Crippen LogP contribution < -0.4 is 5.32 Å². The van der Waals surface area contributed by atoms with Crippen LogP contribution in [-0.4, -0.2) is 26.1 Å². The van der Waals surface area contributed by atoms with Crippen molar-refractivity contribution in [3.8, 4) is 11.4 Å². The Bertz CT molecular complexity index is 1040. The summed E-state index contributed by atoms with van der Waals surface area (Å²) >= 11 is 5.86. The molecule has 0 aliphatic carbocycles. The minimum Gasteiger partial charge on any atom is -0.359 e. The van der Waals surface area contributed by atoms with Crippen molar-refractivity contribution in [3.05, 3.63) is 71.0 Å². The molecule has 25 heavy (non-hydrogen) atoms. The van der Waals surface area contributed by atoms with Crippen LogP contribution in [-0.2, 0) is 6.54 Å². The summed E-state index contributed by atoms with van der Waals surface area (Å²) in [6, 6.07) is 12.9. The Balaban J connectivity index is 1.50. The molecule has 124 valence electrons. The number of carbonyl (C=O) groups excluding carboxylic acids is 1. The van der Waals surface area contributed by atoms with E-state index in [2.05, 4.69) is 25.5 Å². The number of aromatic nitrogens is 4. The minimum absolute atomic E-state index is 0.153. The van der Waals surface area contributed by atoms with Crippen molar-refractivity contribution < 1.29 is 4.79 Å². The molecule has 0 aliphatic heterocycles. The van der Waals surface area contributed by atoms with Gasteiger partial charge in [0.1, 0.15) is 0 Å². The highest BCUT2D eigenvalue weighted by Crippen LogP contribution is 2.24. The molecule has 1 amide bonds. The van der Waals surface area contributed by atoms with Crippen molar-refractivity contribution in [1.29, 1.82) is 0 Å². The molecular formula is C18H14ClN5O. The number of nitrogens with zero attached hydrogens (tertiary/aromatic N) is 2. The van der Waals surface area contributed by atoms with E-state index in [1.807, 2.05) is 24.3 Å². The summed E-state index contributed by atoms with van der Waals surface area (Å²) in [5.41, 5.74) is 3.77. The van der Waals surface area contributed by atoms with Crippen LogP contribution in [0.3, 0.4) is 0 Å². The number of H-pyrrole nitrogens is 2. The van der Waals surface area contributed by atoms with Crippen LogP contribution in [0.15, 0.2) is 54.9 Å². The van der Waals surface area contributed by atoms with Gasteiger partial charge in [0.15, 0.2) is 5.65 Å². The molecule has 1 aromatic carbocycles. The maximum Gasteiger partial charge on any atom is 0.253 e. The van der Waals surface area contributed by atoms with Crippen LogP contribution in [0, 0.1) is 0 Å². The first-order valence-electron chi connectivity index (χ1n) is 7.71. The molecule has 4 aromatic rings. The molecule has 0 aliphatic rings. The number of pyridine rings is 1. The van der Waals surface area contributed by atoms with Gasteiger partial charge in [-0.2, -0.15) is 5.10 Å². The molecule has 4 rings (SSSR count). The Morgan fingerprint density at radius 2 is 2.04 bits per heavy atom. The Morgan fingerprint density at radius 3 is 2.88 bits per heavy atom. The third-order valence-electron chi connectivity index (χ3n) is 3.91. The number of rotatable bonds is 4. The lowest BCUT2D eigenvalue weighted by Gasteiger charge is -2.03. The van der Waals surface area contributed by atoms with Crippen LogP contribution >= 0.6 is 11.6 Å². The quantitative estimate of drug-likeness (QED) is 0.525. The fourth-order valence-corrected chi connectivity index (χ4v) is 2.74. The van der Waals surface area contributed by atoms with E-state index in [1.54, 1.807) is 30.6 Å². The highest BCUT2D eigenvalue weighted by molar-refractivity contribution is 6.30. The molecule has 7 heteroatoms. The first-order valence-corrected chi connectivity index (χ1v) is 8.09. The summed E-state index contributed by atoms with van der Waals surface area (Å²) < 4.78 is 0. The monoisotopic (exact) mass is 351 g/mol. The molecule has 3 aromatic heterocycles. The lowest BCUT2D eigenvalue weighted by atomic mass is 10.2. The fraction of sp³-hybridized carbons (Fsp3) is 0.0556. The molecule has 3 N–H and O–H groups in total. The summed E-state index contributed by atoms with van der Waals surface area (Å²) in [6.45, 7) is 0.438. The molecule has 3 heterocycles. The van der Waals surface area contributed by atoms with E-state index in [9.17, 15) is 4.79 Å². The number of amides is 1. The van der Waals surface area contributed by atoms with Crippen molar-refractivity contribution >= 4 is 28.5 Å². The van der Waals surface area contributed by atoms with Crippen molar-refractivity contribution in [2.45, 2.75) is 6.54 Å². The lowest BCUT2D eigenvalue weighted by Crippen LogP contribution is -2.22. The zero-order chi connectivity index (χ0) is 17.2. The largest absolute Gasteiger partial charge is 0.359 e. The third kappa shape index (κ3) is 3.12. The molecule has 6 nitrogen and oxygen atoms in total. The zero-order valence-electron chi connectivity index (χ0n) is 13.1. The fourth-order valence-electron chi connectivity index (χ4n) is 2.61. The Hall–Kier alpha value is -3.12. The first kappa shape index (κ1) is 15.4. The van der Waals surface area contributed by atoms with Crippen molar-refractivity contribution in [1.82, 2.24) is 25.5 Å². The molecule has 0 fully saturated rings. The molecular weight excluding hydrogens is 338 g/mol. The van der Waals surface area contributed by atoms with Gasteiger partial charge in [-0.15, -0.1) is 0 Å². The van der Waals surface area contributed by atoms with E-state index in [0.29, 0.717) is 22.8 Å². The van der Waals surface area contributed by atoms with Crippen LogP contribution in [0.1, 0.15) is 15.9 Å². The van der Waals surface area contributed by atoms with Crippen LogP contribution in [0.5, 0.6) is 0 Å². The highest BCUT2D eigenvalue weighted by Gasteiger charge is 2.13. The van der Waals surface area contributed by atoms with E-state index in [0.717, 1.165) is 22.3 Å². The second-order valence-electron chi connectivity index (χ2n) is 5.58. The number of aromatic amines is 2. The number of hydrogen-bond donors (Lipinski definition) is 3. The molecule has 0 saturated heterocycles. The average molecular weight is 352 g/mol. The Kier molecular flexibility index (Phi) is 3.95. The summed E-state index contributed by atoms with van der Waals surface area (Å²) in [5.74, 6) is -0.153. The smallest absolute Gasteiger partial charge is 0.253 e. The topological polar surface area (TPSA) is 86.5 Å². The van der Waals surface area contributed by atoms with E-state index in [-0.39, 0.29) is 5.91 Å². The molecule has 0 spiro atoms. The van der Waals surface area contributed by atoms with E-state index < -0.39 is 0 Å². The number of benzene rings is 1. The number of halogens is 1. The Morgan fingerprint density at radius 1 is 1.20 bits per heavy atom. The number of nitrogens with one attached hydrogen (secondary N) is 3. The SMILES string of the molecule is O=C(NCc1ccc(Cl)cc1)c1c[nH]c(-c2[nH]nc3ncccc23)c1. The van der Waals surface area contributed by atoms with Crippen molar-refractivity contribution in [2.75, 3.05) is 0 Å². The van der Waals surface area contributed by atoms with Crippen LogP contribution in [0.2, 0.25) is 5.02 Å². The van der Waals surface area contributed by atoms with Gasteiger partial charge in [0.2, 0.25) is 0 Å². The first-order chi connectivity index (χ1) is 12.2. The number of fused-ring (bicyclic) bond motifs is 1. The molecule has 0 saturated carbocycles. The number of hydrogen-bond acceptors (Lipinski definition) is 3. The lowest BCUT2D eigenvalue weighted by molar-refractivity contribution is 0.0951. The Labute approximate surface area is 148 Å². The maximum absolute atomic E-state index is 12.3. The van der Waals surface area contributed by atoms with E-state index in [1.165, 1.54) is 0 Å². The average Bonchev–Trinajstić information content (AvgIpc) is 3.27. The summed E-state index contributed by atoms with van der Waals surface area (Å²) in [7, 11) is 0. The third-order valence-corrected chi connectivity index (χ3v) is 4.16. The van der Waals surface area contributed by atoms with Gasteiger partial charge in [-0.1, -0.05) is 23.7 Å². The predicted octanol–water partition coefficient (Wildman–Crippen LogP) is 3.54. The van der Waals surface area contributed by atoms with Gasteiger partial charge < -0.3 is 10.3 Å². The standard InChI is InChI=1S/C18H14ClN5O/c19-13-5-3-11(4-6-13)9-22-18(25)12-8-15(21-10-12)16-14-2-1-7-20-17(14)24-23-16/h1-8,10,21H,9H2,(H,22,25)(H,20,23,24). The van der Waals surface area contributed by atoms with Crippen LogP contribution in [0.4, 0.5) is 0 Å².